The van der Waals surface area contributed by atoms with Gasteiger partial charge in [-0.1, -0.05) is 29.3 Å². The molecule has 0 bridgehead atoms. The van der Waals surface area contributed by atoms with Crippen LogP contribution >= 0.6 is 15.9 Å². The molecule has 0 aliphatic heterocycles. The van der Waals surface area contributed by atoms with E-state index < -0.39 is 0 Å². The molecule has 0 aliphatic carbocycles. The molecule has 1 rings (SSSR count). The highest BCUT2D eigenvalue weighted by Crippen LogP contribution is 2.12. The lowest BCUT2D eigenvalue weighted by Crippen LogP contribution is -2.29. The van der Waals surface area contributed by atoms with Gasteiger partial charge in [0.2, 0.25) is 5.95 Å². The summed E-state index contributed by atoms with van der Waals surface area (Å²) in [4.78, 5) is 6.78. The second kappa shape index (κ2) is 6.88. The van der Waals surface area contributed by atoms with Crippen molar-refractivity contribution in [2.24, 2.45) is 0 Å². The number of halogens is 1. The highest BCUT2D eigenvalue weighted by molar-refractivity contribution is 9.09. The number of hydrogen-bond acceptors (Lipinski definition) is 2. The fraction of sp³-hybridized carbons (Fsp3) is 0.727. The molecule has 0 fully saturated rings. The molecule has 0 aliphatic rings. The molecule has 0 saturated carbocycles. The molecule has 0 radical (unpaired) electrons. The van der Waals surface area contributed by atoms with E-state index in [1.165, 1.54) is 12.8 Å². The smallest absolute Gasteiger partial charge is 0.205 e. The van der Waals surface area contributed by atoms with Crippen LogP contribution in [0, 0.1) is 0 Å². The Hall–Kier alpha value is -0.510. The van der Waals surface area contributed by atoms with Crippen LogP contribution < -0.4 is 4.90 Å². The Labute approximate surface area is 101 Å². The van der Waals surface area contributed by atoms with Crippen molar-refractivity contribution >= 4 is 21.9 Å². The zero-order valence-corrected chi connectivity index (χ0v) is 11.2. The molecular weight excluding hydrogens is 254 g/mol. The van der Waals surface area contributed by atoms with Gasteiger partial charge in [-0.2, -0.15) is 0 Å². The van der Waals surface area contributed by atoms with E-state index >= 15 is 0 Å². The van der Waals surface area contributed by atoms with Gasteiger partial charge < -0.3 is 9.47 Å². The van der Waals surface area contributed by atoms with E-state index in [0.29, 0.717) is 0 Å². The Morgan fingerprint density at radius 2 is 2.20 bits per heavy atom. The summed E-state index contributed by atoms with van der Waals surface area (Å²) in [6, 6.07) is 0. The Balaban J connectivity index is 2.69. The molecule has 15 heavy (non-hydrogen) atoms. The first-order chi connectivity index (χ1) is 7.33. The Morgan fingerprint density at radius 3 is 2.80 bits per heavy atom. The number of hydrogen-bond donors (Lipinski definition) is 0. The lowest BCUT2D eigenvalue weighted by atomic mass is 10.3. The highest BCUT2D eigenvalue weighted by atomic mass is 79.9. The van der Waals surface area contributed by atoms with Crippen LogP contribution in [0.5, 0.6) is 0 Å². The third-order valence-corrected chi connectivity index (χ3v) is 2.81. The maximum absolute atomic E-state index is 4.43. The van der Waals surface area contributed by atoms with E-state index in [9.17, 15) is 0 Å². The summed E-state index contributed by atoms with van der Waals surface area (Å²) in [5, 5.41) is 0.993. The van der Waals surface area contributed by atoms with Crippen molar-refractivity contribution in [2.45, 2.75) is 33.2 Å². The number of imidazole rings is 1. The first kappa shape index (κ1) is 12.6. The summed E-state index contributed by atoms with van der Waals surface area (Å²) in [7, 11) is 0. The van der Waals surface area contributed by atoms with Gasteiger partial charge in [0.15, 0.2) is 0 Å². The molecule has 0 aromatic carbocycles. The minimum atomic E-state index is 0.986. The van der Waals surface area contributed by atoms with E-state index in [2.05, 4.69) is 44.2 Å². The number of aryl methyl sites for hydroxylation is 1. The lowest BCUT2D eigenvalue weighted by Gasteiger charge is -2.23. The number of rotatable bonds is 7. The summed E-state index contributed by atoms with van der Waals surface area (Å²) < 4.78 is 2.19. The molecular formula is C11H20BrN3. The third-order valence-electron chi connectivity index (χ3n) is 2.45. The zero-order chi connectivity index (χ0) is 11.1. The summed E-state index contributed by atoms with van der Waals surface area (Å²) in [5.41, 5.74) is 0. The van der Waals surface area contributed by atoms with Crippen LogP contribution in [-0.4, -0.2) is 28.0 Å². The molecule has 4 heteroatoms. The van der Waals surface area contributed by atoms with E-state index in [4.69, 9.17) is 0 Å². The predicted octanol–water partition coefficient (Wildman–Crippen LogP) is 2.90. The molecule has 1 aromatic heterocycles. The fourth-order valence-corrected chi connectivity index (χ4v) is 2.02. The van der Waals surface area contributed by atoms with Gasteiger partial charge in [-0.25, -0.2) is 4.98 Å². The van der Waals surface area contributed by atoms with Gasteiger partial charge in [-0.05, 0) is 13.3 Å². The maximum Gasteiger partial charge on any atom is 0.205 e. The van der Waals surface area contributed by atoms with Crippen LogP contribution in [0.2, 0.25) is 0 Å². The van der Waals surface area contributed by atoms with Crippen molar-refractivity contribution in [1.29, 1.82) is 0 Å². The largest absolute Gasteiger partial charge is 0.341 e. The van der Waals surface area contributed by atoms with Gasteiger partial charge >= 0.3 is 0 Å². The van der Waals surface area contributed by atoms with Gasteiger partial charge in [0.1, 0.15) is 0 Å². The van der Waals surface area contributed by atoms with E-state index in [1.807, 2.05) is 12.4 Å². The summed E-state index contributed by atoms with van der Waals surface area (Å²) in [6.45, 7) is 7.48. The molecule has 86 valence electrons. The molecule has 0 saturated heterocycles. The molecule has 3 nitrogen and oxygen atoms in total. The second-order valence-electron chi connectivity index (χ2n) is 3.54. The summed E-state index contributed by atoms with van der Waals surface area (Å²) in [5.74, 6) is 1.10. The molecule has 0 atom stereocenters. The molecule has 0 spiro atoms. The monoisotopic (exact) mass is 273 g/mol. The first-order valence-electron chi connectivity index (χ1n) is 5.65. The Kier molecular flexibility index (Phi) is 5.76. The van der Waals surface area contributed by atoms with Gasteiger partial charge in [0.25, 0.3) is 0 Å². The highest BCUT2D eigenvalue weighted by Gasteiger charge is 2.10. The summed E-state index contributed by atoms with van der Waals surface area (Å²) in [6.07, 6.45) is 6.38. The van der Waals surface area contributed by atoms with Crippen LogP contribution in [0.15, 0.2) is 12.4 Å². The van der Waals surface area contributed by atoms with Gasteiger partial charge in [-0.3, -0.25) is 0 Å². The lowest BCUT2D eigenvalue weighted by molar-refractivity contribution is 0.674. The maximum atomic E-state index is 4.43. The molecule has 0 unspecified atom stereocenters. The van der Waals surface area contributed by atoms with Gasteiger partial charge in [-0.15, -0.1) is 0 Å². The minimum Gasteiger partial charge on any atom is -0.341 e. The Bertz CT molecular complexity index is 273. The predicted molar refractivity (Wildman–Crippen MR) is 68.8 cm³/mol. The van der Waals surface area contributed by atoms with Gasteiger partial charge in [0, 0.05) is 37.4 Å². The average Bonchev–Trinajstić information content (AvgIpc) is 2.72. The van der Waals surface area contributed by atoms with Crippen molar-refractivity contribution in [2.75, 3.05) is 23.3 Å². The number of anilines is 1. The van der Waals surface area contributed by atoms with Crippen LogP contribution in [0.25, 0.3) is 0 Å². The van der Waals surface area contributed by atoms with Crippen molar-refractivity contribution in [1.82, 2.24) is 9.55 Å². The number of alkyl halides is 1. The third kappa shape index (κ3) is 3.52. The zero-order valence-electron chi connectivity index (χ0n) is 9.62. The molecule has 0 N–H and O–H groups in total. The molecule has 1 heterocycles. The average molecular weight is 274 g/mol. The van der Waals surface area contributed by atoms with Crippen LogP contribution in [0.1, 0.15) is 26.7 Å². The fourth-order valence-electron chi connectivity index (χ4n) is 1.59. The second-order valence-corrected chi connectivity index (χ2v) is 4.34. The van der Waals surface area contributed by atoms with E-state index in [1.54, 1.807) is 0 Å². The van der Waals surface area contributed by atoms with Crippen molar-refractivity contribution in [3.8, 4) is 0 Å². The summed E-state index contributed by atoms with van der Waals surface area (Å²) >= 11 is 3.50. The normalized spacial score (nSPS) is 10.6. The topological polar surface area (TPSA) is 21.1 Å². The van der Waals surface area contributed by atoms with E-state index in [-0.39, 0.29) is 0 Å². The number of unbranched alkanes of at least 4 members (excludes halogenated alkanes) is 1. The van der Waals surface area contributed by atoms with Crippen molar-refractivity contribution in [3.05, 3.63) is 12.4 Å². The quantitative estimate of drug-likeness (QED) is 0.713. The molecule has 0 amide bonds. The SMILES string of the molecule is CCCCN(CCBr)c1nccn1CC. The van der Waals surface area contributed by atoms with Crippen LogP contribution in [0.4, 0.5) is 5.95 Å². The standard InChI is InChI=1S/C11H20BrN3/c1-3-5-8-15(9-6-12)11-13-7-10-14(11)4-2/h7,10H,3-6,8-9H2,1-2H3. The van der Waals surface area contributed by atoms with Crippen LogP contribution in [-0.2, 0) is 6.54 Å². The van der Waals surface area contributed by atoms with E-state index in [0.717, 1.165) is 30.9 Å². The first-order valence-corrected chi connectivity index (χ1v) is 6.77. The van der Waals surface area contributed by atoms with Gasteiger partial charge in [0.05, 0.1) is 0 Å². The number of nitrogens with zero attached hydrogens (tertiary/aromatic N) is 3. The number of aromatic nitrogens is 2. The van der Waals surface area contributed by atoms with Crippen molar-refractivity contribution in [3.63, 3.8) is 0 Å². The van der Waals surface area contributed by atoms with Crippen LogP contribution in [0.3, 0.4) is 0 Å². The minimum absolute atomic E-state index is 0.986. The molecule has 1 aromatic rings. The Morgan fingerprint density at radius 1 is 1.40 bits per heavy atom. The van der Waals surface area contributed by atoms with Crippen molar-refractivity contribution < 1.29 is 0 Å².